The summed E-state index contributed by atoms with van der Waals surface area (Å²) in [4.78, 5) is 23.7. The summed E-state index contributed by atoms with van der Waals surface area (Å²) in [5, 5.41) is 0. The van der Waals surface area contributed by atoms with E-state index in [1.54, 1.807) is 0 Å². The van der Waals surface area contributed by atoms with E-state index in [9.17, 15) is 9.59 Å². The summed E-state index contributed by atoms with van der Waals surface area (Å²) >= 11 is 0. The maximum atomic E-state index is 12.1. The monoisotopic (exact) mass is 256 g/mol. The largest absolute Gasteiger partial charge is 0.469 e. The van der Waals surface area contributed by atoms with E-state index in [4.69, 9.17) is 9.47 Å². The predicted molar refractivity (Wildman–Crippen MR) is 67.9 cm³/mol. The van der Waals surface area contributed by atoms with Gasteiger partial charge in [-0.05, 0) is 39.5 Å². The highest BCUT2D eigenvalue weighted by Crippen LogP contribution is 2.40. The Balaban J connectivity index is 2.70. The molecule has 0 radical (unpaired) electrons. The van der Waals surface area contributed by atoms with E-state index >= 15 is 0 Å². The van der Waals surface area contributed by atoms with E-state index < -0.39 is 5.60 Å². The van der Waals surface area contributed by atoms with Crippen molar-refractivity contribution in [3.05, 3.63) is 0 Å². The van der Waals surface area contributed by atoms with Crippen molar-refractivity contribution in [2.75, 3.05) is 7.11 Å². The molecule has 3 atom stereocenters. The molecule has 104 valence electrons. The molecule has 0 aromatic heterocycles. The molecule has 0 aliphatic heterocycles. The van der Waals surface area contributed by atoms with Gasteiger partial charge in [0.25, 0.3) is 0 Å². The van der Waals surface area contributed by atoms with Crippen LogP contribution in [-0.4, -0.2) is 24.6 Å². The van der Waals surface area contributed by atoms with Crippen molar-refractivity contribution in [2.24, 2.45) is 17.8 Å². The number of esters is 2. The van der Waals surface area contributed by atoms with E-state index in [1.165, 1.54) is 7.11 Å². The van der Waals surface area contributed by atoms with Gasteiger partial charge < -0.3 is 9.47 Å². The highest BCUT2D eigenvalue weighted by atomic mass is 16.6. The maximum absolute atomic E-state index is 12.1. The van der Waals surface area contributed by atoms with Crippen LogP contribution in [0, 0.1) is 17.8 Å². The Morgan fingerprint density at radius 2 is 1.78 bits per heavy atom. The van der Waals surface area contributed by atoms with E-state index in [-0.39, 0.29) is 29.7 Å². The van der Waals surface area contributed by atoms with Gasteiger partial charge in [0.1, 0.15) is 5.60 Å². The summed E-state index contributed by atoms with van der Waals surface area (Å²) in [6.45, 7) is 7.62. The Morgan fingerprint density at radius 3 is 2.22 bits per heavy atom. The molecule has 4 heteroatoms. The smallest absolute Gasteiger partial charge is 0.309 e. The first-order valence-corrected chi connectivity index (χ1v) is 6.59. The highest BCUT2D eigenvalue weighted by molar-refractivity contribution is 5.78. The number of carbonyl (C=O) groups excluding carboxylic acids is 2. The van der Waals surface area contributed by atoms with Crippen LogP contribution in [0.15, 0.2) is 0 Å². The summed E-state index contributed by atoms with van der Waals surface area (Å²) in [5.41, 5.74) is -0.473. The molecular formula is C14H24O4. The molecule has 0 aromatic rings. The van der Waals surface area contributed by atoms with Crippen LogP contribution in [0.4, 0.5) is 0 Å². The van der Waals surface area contributed by atoms with Gasteiger partial charge in [0.05, 0.1) is 18.9 Å². The Hall–Kier alpha value is -1.06. The second-order valence-electron chi connectivity index (χ2n) is 6.00. The molecule has 3 unspecified atom stereocenters. The van der Waals surface area contributed by atoms with Crippen LogP contribution in [-0.2, 0) is 19.1 Å². The minimum Gasteiger partial charge on any atom is -0.469 e. The average Bonchev–Trinajstić information content (AvgIpc) is 2.69. The van der Waals surface area contributed by atoms with Crippen LogP contribution in [0.25, 0.3) is 0 Å². The van der Waals surface area contributed by atoms with Gasteiger partial charge in [0.2, 0.25) is 0 Å². The third-order valence-corrected chi connectivity index (χ3v) is 3.46. The second-order valence-corrected chi connectivity index (χ2v) is 6.00. The molecule has 1 aliphatic rings. The third kappa shape index (κ3) is 3.72. The average molecular weight is 256 g/mol. The first-order chi connectivity index (χ1) is 8.28. The van der Waals surface area contributed by atoms with Gasteiger partial charge >= 0.3 is 11.9 Å². The Labute approximate surface area is 109 Å². The van der Waals surface area contributed by atoms with Crippen LogP contribution in [0.3, 0.4) is 0 Å². The Morgan fingerprint density at radius 1 is 1.17 bits per heavy atom. The van der Waals surface area contributed by atoms with Gasteiger partial charge in [-0.25, -0.2) is 0 Å². The first-order valence-electron chi connectivity index (χ1n) is 6.59. The van der Waals surface area contributed by atoms with E-state index in [1.807, 2.05) is 27.7 Å². The lowest BCUT2D eigenvalue weighted by Gasteiger charge is -2.24. The fraction of sp³-hybridized carbons (Fsp3) is 0.857. The maximum Gasteiger partial charge on any atom is 0.309 e. The normalized spacial score (nSPS) is 27.9. The molecular weight excluding hydrogens is 232 g/mol. The van der Waals surface area contributed by atoms with Crippen molar-refractivity contribution >= 4 is 11.9 Å². The van der Waals surface area contributed by atoms with Gasteiger partial charge in [-0.15, -0.1) is 0 Å². The predicted octanol–water partition coefficient (Wildman–Crippen LogP) is 2.55. The van der Waals surface area contributed by atoms with Crippen molar-refractivity contribution in [1.29, 1.82) is 0 Å². The van der Waals surface area contributed by atoms with Gasteiger partial charge in [-0.3, -0.25) is 9.59 Å². The molecule has 0 spiro atoms. The number of carbonyl (C=O) groups is 2. The third-order valence-electron chi connectivity index (χ3n) is 3.46. The fourth-order valence-corrected chi connectivity index (χ4v) is 2.60. The van der Waals surface area contributed by atoms with Gasteiger partial charge in [0.15, 0.2) is 0 Å². The molecule has 0 heterocycles. The van der Waals surface area contributed by atoms with Crippen LogP contribution in [0.2, 0.25) is 0 Å². The minimum atomic E-state index is -0.473. The molecule has 0 aromatic carbocycles. The molecule has 0 saturated heterocycles. The molecule has 0 amide bonds. The number of hydrogen-bond acceptors (Lipinski definition) is 4. The SMILES string of the molecule is CCC1CC(C(=O)OC)CC1C(=O)OC(C)(C)C. The number of hydrogen-bond donors (Lipinski definition) is 0. The number of rotatable bonds is 3. The zero-order valence-corrected chi connectivity index (χ0v) is 12.0. The summed E-state index contributed by atoms with van der Waals surface area (Å²) in [6, 6.07) is 0. The molecule has 1 saturated carbocycles. The van der Waals surface area contributed by atoms with Crippen LogP contribution < -0.4 is 0 Å². The van der Waals surface area contributed by atoms with Gasteiger partial charge in [-0.1, -0.05) is 13.3 Å². The van der Waals surface area contributed by atoms with Crippen LogP contribution in [0.1, 0.15) is 47.0 Å². The lowest BCUT2D eigenvalue weighted by molar-refractivity contribution is -0.161. The molecule has 1 aliphatic carbocycles. The lowest BCUT2D eigenvalue weighted by atomic mass is 9.93. The first kappa shape index (κ1) is 15.0. The second kappa shape index (κ2) is 5.72. The van der Waals surface area contributed by atoms with Crippen LogP contribution >= 0.6 is 0 Å². The summed E-state index contributed by atoms with van der Waals surface area (Å²) in [7, 11) is 1.39. The highest BCUT2D eigenvalue weighted by Gasteiger charge is 2.42. The molecule has 0 N–H and O–H groups in total. The number of ether oxygens (including phenoxy) is 2. The van der Waals surface area contributed by atoms with Gasteiger partial charge in [0, 0.05) is 0 Å². The molecule has 1 fully saturated rings. The zero-order valence-electron chi connectivity index (χ0n) is 12.0. The summed E-state index contributed by atoms with van der Waals surface area (Å²) in [6.07, 6.45) is 2.17. The molecule has 1 rings (SSSR count). The summed E-state index contributed by atoms with van der Waals surface area (Å²) in [5.74, 6) is -0.486. The Kier molecular flexibility index (Phi) is 4.77. The topological polar surface area (TPSA) is 52.6 Å². The molecule has 18 heavy (non-hydrogen) atoms. The zero-order chi connectivity index (χ0) is 13.9. The van der Waals surface area contributed by atoms with E-state index in [2.05, 4.69) is 0 Å². The van der Waals surface area contributed by atoms with Crippen LogP contribution in [0.5, 0.6) is 0 Å². The number of methoxy groups -OCH3 is 1. The Bertz CT molecular complexity index is 316. The summed E-state index contributed by atoms with van der Waals surface area (Å²) < 4.78 is 10.2. The standard InChI is InChI=1S/C14H24O4/c1-6-9-7-10(12(15)17-5)8-11(9)13(16)18-14(2,3)4/h9-11H,6-8H2,1-5H3. The van der Waals surface area contributed by atoms with Crippen molar-refractivity contribution < 1.29 is 19.1 Å². The van der Waals surface area contributed by atoms with Crippen molar-refractivity contribution in [1.82, 2.24) is 0 Å². The molecule has 0 bridgehead atoms. The van der Waals surface area contributed by atoms with Crippen molar-refractivity contribution in [2.45, 2.75) is 52.6 Å². The quantitative estimate of drug-likeness (QED) is 0.728. The fourth-order valence-electron chi connectivity index (χ4n) is 2.60. The van der Waals surface area contributed by atoms with E-state index in [0.29, 0.717) is 6.42 Å². The minimum absolute atomic E-state index is 0.155. The lowest BCUT2D eigenvalue weighted by Crippen LogP contribution is -2.30. The van der Waals surface area contributed by atoms with Gasteiger partial charge in [-0.2, -0.15) is 0 Å². The van der Waals surface area contributed by atoms with E-state index in [0.717, 1.165) is 12.8 Å². The molecule has 4 nitrogen and oxygen atoms in total. The van der Waals surface area contributed by atoms with Crippen molar-refractivity contribution in [3.63, 3.8) is 0 Å². The van der Waals surface area contributed by atoms with Crippen molar-refractivity contribution in [3.8, 4) is 0 Å².